The fourth-order valence-electron chi connectivity index (χ4n) is 3.38. The van der Waals surface area contributed by atoms with Gasteiger partial charge >= 0.3 is 0 Å². The summed E-state index contributed by atoms with van der Waals surface area (Å²) in [7, 11) is -4.35. The Kier molecular flexibility index (Phi) is 6.68. The molecule has 0 aliphatic heterocycles. The molecule has 192 valence electrons. The third kappa shape index (κ3) is 5.41. The lowest BCUT2D eigenvalue weighted by molar-refractivity contribution is -0.123. The molecule has 0 radical (unpaired) electrons. The number of hydrogen-bond donors (Lipinski definition) is 2. The van der Waals surface area contributed by atoms with E-state index in [4.69, 9.17) is 0 Å². The lowest BCUT2D eigenvalue weighted by Gasteiger charge is -2.16. The van der Waals surface area contributed by atoms with Crippen LogP contribution in [0, 0.1) is 29.8 Å². The topological polar surface area (TPSA) is 101 Å². The van der Waals surface area contributed by atoms with Crippen LogP contribution in [-0.2, 0) is 14.8 Å². The minimum Gasteiger partial charge on any atom is -0.294 e. The molecule has 0 bridgehead atoms. The van der Waals surface area contributed by atoms with Crippen molar-refractivity contribution >= 4 is 38.5 Å². The number of benzene rings is 3. The van der Waals surface area contributed by atoms with Crippen molar-refractivity contribution in [3.05, 3.63) is 77.7 Å². The summed E-state index contributed by atoms with van der Waals surface area (Å²) >= 11 is 0. The smallest absolute Gasteiger partial charge is 0.262 e. The van der Waals surface area contributed by atoms with E-state index in [0.29, 0.717) is 10.9 Å². The number of carbonyl (C=O) groups is 1. The van der Waals surface area contributed by atoms with Gasteiger partial charge in [0, 0.05) is 17.0 Å². The van der Waals surface area contributed by atoms with Crippen LogP contribution in [-0.4, -0.2) is 24.3 Å². The molecule has 0 atom stereocenters. The fourth-order valence-corrected chi connectivity index (χ4v) is 4.45. The fraction of sp³-hybridized carbons (Fsp3) is 0.192. The van der Waals surface area contributed by atoms with Crippen molar-refractivity contribution in [3.63, 3.8) is 0 Å². The summed E-state index contributed by atoms with van der Waals surface area (Å²) in [6.07, 6.45) is 1.40. The molecule has 0 spiro atoms. The van der Waals surface area contributed by atoms with Gasteiger partial charge in [0.25, 0.3) is 10.0 Å². The highest BCUT2D eigenvalue weighted by molar-refractivity contribution is 7.92. The quantitative estimate of drug-likeness (QED) is 0.341. The van der Waals surface area contributed by atoms with Gasteiger partial charge in [0.2, 0.25) is 11.9 Å². The van der Waals surface area contributed by atoms with Crippen LogP contribution < -0.4 is 10.0 Å². The van der Waals surface area contributed by atoms with Crippen LogP contribution in [0.25, 0.3) is 22.0 Å². The van der Waals surface area contributed by atoms with Crippen LogP contribution in [0.5, 0.6) is 0 Å². The number of halogens is 3. The number of aryl methyl sites for hydroxylation is 1. The maximum atomic E-state index is 15.4. The zero-order valence-electron chi connectivity index (χ0n) is 20.4. The molecule has 0 aliphatic carbocycles. The Bertz CT molecular complexity index is 1650. The van der Waals surface area contributed by atoms with Crippen molar-refractivity contribution in [2.75, 3.05) is 10.0 Å². The molecule has 1 heterocycles. The Balaban J connectivity index is 1.69. The summed E-state index contributed by atoms with van der Waals surface area (Å²) in [5, 5.41) is 3.05. The molecule has 37 heavy (non-hydrogen) atoms. The Morgan fingerprint density at radius 3 is 2.35 bits per heavy atom. The van der Waals surface area contributed by atoms with E-state index >= 15 is 4.39 Å². The molecular formula is C26H23F3N4O3S. The number of hydrogen-bond acceptors (Lipinski definition) is 5. The summed E-state index contributed by atoms with van der Waals surface area (Å²) in [5.74, 6) is -2.99. The van der Waals surface area contributed by atoms with Crippen molar-refractivity contribution in [1.82, 2.24) is 9.97 Å². The Morgan fingerprint density at radius 2 is 1.68 bits per heavy atom. The van der Waals surface area contributed by atoms with Gasteiger partial charge < -0.3 is 0 Å². The zero-order valence-corrected chi connectivity index (χ0v) is 21.2. The Labute approximate surface area is 211 Å². The van der Waals surface area contributed by atoms with Crippen LogP contribution in [0.4, 0.5) is 24.8 Å². The van der Waals surface area contributed by atoms with E-state index in [0.717, 1.165) is 18.2 Å². The number of rotatable bonds is 5. The van der Waals surface area contributed by atoms with Crippen molar-refractivity contribution in [2.24, 2.45) is 5.41 Å². The first kappa shape index (κ1) is 26.1. The third-order valence-electron chi connectivity index (χ3n) is 5.56. The Morgan fingerprint density at radius 1 is 0.946 bits per heavy atom. The highest BCUT2D eigenvalue weighted by atomic mass is 32.2. The van der Waals surface area contributed by atoms with Crippen LogP contribution in [0.15, 0.2) is 59.6 Å². The monoisotopic (exact) mass is 528 g/mol. The van der Waals surface area contributed by atoms with Crippen molar-refractivity contribution in [3.8, 4) is 11.1 Å². The maximum Gasteiger partial charge on any atom is 0.262 e. The number of anilines is 2. The number of nitrogens with zero attached hydrogens (tertiary/aromatic N) is 2. The average molecular weight is 529 g/mol. The minimum atomic E-state index is -4.35. The molecule has 0 saturated carbocycles. The van der Waals surface area contributed by atoms with Crippen LogP contribution in [0.2, 0.25) is 0 Å². The van der Waals surface area contributed by atoms with Gasteiger partial charge in [-0.15, -0.1) is 0 Å². The van der Waals surface area contributed by atoms with Gasteiger partial charge in [0.15, 0.2) is 5.82 Å². The average Bonchev–Trinajstić information content (AvgIpc) is 2.82. The van der Waals surface area contributed by atoms with Gasteiger partial charge in [-0.25, -0.2) is 31.6 Å². The second kappa shape index (κ2) is 9.47. The SMILES string of the molecule is Cc1ccc(S(=O)(=O)Nc2ccc(F)c(-c3ccc4nc(NC(=O)C(C)(C)C)ncc4c3)c2F)cc1F. The largest absolute Gasteiger partial charge is 0.294 e. The number of carbonyl (C=O) groups excluding carboxylic acids is 1. The summed E-state index contributed by atoms with van der Waals surface area (Å²) in [4.78, 5) is 20.2. The number of nitrogens with one attached hydrogen (secondary N) is 2. The van der Waals surface area contributed by atoms with E-state index in [2.05, 4.69) is 20.0 Å². The molecule has 1 aromatic heterocycles. The molecule has 11 heteroatoms. The first-order valence-electron chi connectivity index (χ1n) is 11.1. The number of fused-ring (bicyclic) bond motifs is 1. The predicted octanol–water partition coefficient (Wildman–Crippen LogP) is 5.81. The van der Waals surface area contributed by atoms with Gasteiger partial charge in [-0.3, -0.25) is 14.8 Å². The number of sulfonamides is 1. The highest BCUT2D eigenvalue weighted by Crippen LogP contribution is 2.33. The van der Waals surface area contributed by atoms with Gasteiger partial charge in [-0.1, -0.05) is 32.9 Å². The van der Waals surface area contributed by atoms with Crippen molar-refractivity contribution < 1.29 is 26.4 Å². The lowest BCUT2D eigenvalue weighted by atomic mass is 9.96. The maximum absolute atomic E-state index is 15.4. The predicted molar refractivity (Wildman–Crippen MR) is 135 cm³/mol. The van der Waals surface area contributed by atoms with E-state index in [1.807, 2.05) is 0 Å². The molecule has 2 N–H and O–H groups in total. The van der Waals surface area contributed by atoms with Gasteiger partial charge in [0.05, 0.1) is 21.7 Å². The molecule has 0 fully saturated rings. The van der Waals surface area contributed by atoms with Crippen molar-refractivity contribution in [2.45, 2.75) is 32.6 Å². The van der Waals surface area contributed by atoms with E-state index in [1.165, 1.54) is 43.5 Å². The first-order chi connectivity index (χ1) is 17.3. The highest BCUT2D eigenvalue weighted by Gasteiger charge is 2.23. The molecule has 0 aliphatic rings. The van der Waals surface area contributed by atoms with Gasteiger partial charge in [-0.05, 0) is 54.4 Å². The Hall–Kier alpha value is -3.99. The molecular weight excluding hydrogens is 505 g/mol. The molecule has 0 unspecified atom stereocenters. The van der Waals surface area contributed by atoms with Crippen LogP contribution >= 0.6 is 0 Å². The summed E-state index contributed by atoms with van der Waals surface area (Å²) in [6.45, 7) is 6.70. The van der Waals surface area contributed by atoms with E-state index in [1.54, 1.807) is 20.8 Å². The summed E-state index contributed by atoms with van der Waals surface area (Å²) < 4.78 is 71.5. The second-order valence-electron chi connectivity index (χ2n) is 9.47. The molecule has 4 rings (SSSR count). The zero-order chi connectivity index (χ0) is 27.1. The third-order valence-corrected chi connectivity index (χ3v) is 6.93. The molecule has 3 aromatic carbocycles. The molecule has 4 aromatic rings. The first-order valence-corrected chi connectivity index (χ1v) is 12.6. The van der Waals surface area contributed by atoms with Gasteiger partial charge in [-0.2, -0.15) is 0 Å². The van der Waals surface area contributed by atoms with Crippen LogP contribution in [0.3, 0.4) is 0 Å². The standard InChI is InChI=1S/C26H23F3N4O3S/c1-14-5-7-17(12-19(14)28)37(35,36)33-21-10-8-18(27)22(23(21)29)15-6-9-20-16(11-15)13-30-25(31-20)32-24(34)26(2,3)4/h5-13,33H,1-4H3,(H,30,31,32,34). The van der Waals surface area contributed by atoms with Crippen molar-refractivity contribution in [1.29, 1.82) is 0 Å². The van der Waals surface area contributed by atoms with E-state index < -0.39 is 49.0 Å². The van der Waals surface area contributed by atoms with E-state index in [9.17, 15) is 22.0 Å². The minimum absolute atomic E-state index is 0.0847. The van der Waals surface area contributed by atoms with Gasteiger partial charge in [0.1, 0.15) is 11.6 Å². The molecule has 0 saturated heterocycles. The summed E-state index contributed by atoms with van der Waals surface area (Å²) in [5.41, 5.74) is -0.853. The number of amides is 1. The number of aromatic nitrogens is 2. The normalized spacial score (nSPS) is 12.0. The lowest BCUT2D eigenvalue weighted by Crippen LogP contribution is -2.28. The second-order valence-corrected chi connectivity index (χ2v) is 11.2. The van der Waals surface area contributed by atoms with E-state index in [-0.39, 0.29) is 23.0 Å². The molecule has 1 amide bonds. The van der Waals surface area contributed by atoms with Crippen LogP contribution in [0.1, 0.15) is 26.3 Å². The summed E-state index contributed by atoms with van der Waals surface area (Å²) in [6, 6.07) is 9.53. The molecule has 7 nitrogen and oxygen atoms in total.